The Balaban J connectivity index is 2.50. The van der Waals surface area contributed by atoms with E-state index in [4.69, 9.17) is 18.5 Å². The molecule has 1 aliphatic carbocycles. The van der Waals surface area contributed by atoms with E-state index in [1.807, 2.05) is 0 Å². The number of phosphoric ester groups is 1. The van der Waals surface area contributed by atoms with Crippen molar-refractivity contribution in [3.8, 4) is 0 Å². The second-order valence-electron chi connectivity index (χ2n) is 15.2. The van der Waals surface area contributed by atoms with Crippen molar-refractivity contribution in [3.05, 3.63) is 60.8 Å². The molecule has 14 heteroatoms. The maximum atomic E-state index is 12.8. The molecule has 1 fully saturated rings. The topological polar surface area (TPSA) is 210 Å². The molecular weight excluding hydrogens is 779 g/mol. The van der Waals surface area contributed by atoms with Crippen LogP contribution in [0.2, 0.25) is 0 Å². The zero-order chi connectivity index (χ0) is 43.6. The Kier molecular flexibility index (Phi) is 32.5. The number of unbranched alkanes of at least 4 members (excludes halogenated alkanes) is 13. The first kappa shape index (κ1) is 54.6. The highest BCUT2D eigenvalue weighted by Gasteiger charge is 2.51. The average Bonchev–Trinajstić information content (AvgIpc) is 3.21. The summed E-state index contributed by atoms with van der Waals surface area (Å²) in [7, 11) is -5.13. The Morgan fingerprint density at radius 2 is 0.966 bits per heavy atom. The van der Waals surface area contributed by atoms with Gasteiger partial charge in [-0.15, -0.1) is 0 Å². The van der Waals surface area contributed by atoms with E-state index >= 15 is 0 Å². The zero-order valence-corrected chi connectivity index (χ0v) is 36.7. The summed E-state index contributed by atoms with van der Waals surface area (Å²) in [6, 6.07) is 0. The molecule has 0 heterocycles. The van der Waals surface area contributed by atoms with Gasteiger partial charge in [-0.25, -0.2) is 4.57 Å². The van der Waals surface area contributed by atoms with Gasteiger partial charge in [0.1, 0.15) is 43.2 Å². The van der Waals surface area contributed by atoms with Crippen LogP contribution in [-0.4, -0.2) is 98.3 Å². The van der Waals surface area contributed by atoms with E-state index in [2.05, 4.69) is 74.6 Å². The lowest BCUT2D eigenvalue weighted by Gasteiger charge is -2.41. The molecule has 0 spiro atoms. The summed E-state index contributed by atoms with van der Waals surface area (Å²) >= 11 is 0. The lowest BCUT2D eigenvalue weighted by atomic mass is 9.85. The Hall–Kier alpha value is -2.45. The third kappa shape index (κ3) is 27.9. The molecule has 6 atom stereocenters. The minimum atomic E-state index is -5.13. The molecule has 0 radical (unpaired) electrons. The van der Waals surface area contributed by atoms with Gasteiger partial charge in [0.05, 0.1) is 6.61 Å². The van der Waals surface area contributed by atoms with E-state index in [1.54, 1.807) is 0 Å². The van der Waals surface area contributed by atoms with Crippen molar-refractivity contribution in [1.29, 1.82) is 0 Å². The molecule has 59 heavy (non-hydrogen) atoms. The number of aliphatic hydroxyl groups excluding tert-OH is 5. The summed E-state index contributed by atoms with van der Waals surface area (Å²) < 4.78 is 33.4. The van der Waals surface area contributed by atoms with Gasteiger partial charge in [-0.3, -0.25) is 18.6 Å². The number of allylic oxidation sites excluding steroid dienone is 10. The van der Waals surface area contributed by atoms with Crippen molar-refractivity contribution in [3.63, 3.8) is 0 Å². The van der Waals surface area contributed by atoms with E-state index in [0.717, 1.165) is 70.6 Å². The standard InChI is InChI=1S/C45H77O13P/c1-3-5-7-9-11-13-15-16-17-18-19-20-21-22-24-26-28-30-32-34-39(47)57-37(35-55-38(46)33-31-29-27-25-23-14-12-10-8-6-4-2)36-56-59(53,54)58-45-43(51)41(49)40(48)42(50)44(45)52/h5,7,11,13,16-17,19-20,22,24,37,40-45,48-52H,3-4,6,8-10,12,14-15,18,21,23,25-36H2,1-2H3,(H,53,54)/b7-5-,13-11-,17-16-,20-19-,24-22-. The number of aliphatic hydroxyl groups is 5. The summed E-state index contributed by atoms with van der Waals surface area (Å²) in [6.07, 6.45) is 28.5. The molecule has 0 saturated heterocycles. The normalized spacial score (nSPS) is 22.9. The summed E-state index contributed by atoms with van der Waals surface area (Å²) in [5.74, 6) is -1.14. The molecule has 0 aromatic heterocycles. The van der Waals surface area contributed by atoms with E-state index in [-0.39, 0.29) is 12.8 Å². The van der Waals surface area contributed by atoms with Crippen molar-refractivity contribution < 1.29 is 63.1 Å². The monoisotopic (exact) mass is 857 g/mol. The number of phosphoric acid groups is 1. The molecule has 340 valence electrons. The van der Waals surface area contributed by atoms with Gasteiger partial charge in [0.2, 0.25) is 0 Å². The molecule has 1 saturated carbocycles. The number of hydrogen-bond donors (Lipinski definition) is 6. The molecular formula is C45H77O13P. The van der Waals surface area contributed by atoms with Gasteiger partial charge in [0.15, 0.2) is 6.10 Å². The zero-order valence-electron chi connectivity index (χ0n) is 35.8. The van der Waals surface area contributed by atoms with Crippen molar-refractivity contribution in [2.75, 3.05) is 13.2 Å². The van der Waals surface area contributed by atoms with Crippen LogP contribution >= 0.6 is 7.82 Å². The van der Waals surface area contributed by atoms with Crippen molar-refractivity contribution in [2.45, 2.75) is 198 Å². The van der Waals surface area contributed by atoms with Gasteiger partial charge in [0, 0.05) is 12.8 Å². The first-order valence-electron chi connectivity index (χ1n) is 22.1. The smallest absolute Gasteiger partial charge is 0.462 e. The summed E-state index contributed by atoms with van der Waals surface area (Å²) in [6.45, 7) is 3.13. The van der Waals surface area contributed by atoms with Crippen LogP contribution in [0.25, 0.3) is 0 Å². The van der Waals surface area contributed by atoms with Crippen LogP contribution in [0.4, 0.5) is 0 Å². The molecule has 0 aromatic carbocycles. The number of hydrogen-bond acceptors (Lipinski definition) is 12. The van der Waals surface area contributed by atoms with Crippen LogP contribution < -0.4 is 0 Å². The average molecular weight is 857 g/mol. The van der Waals surface area contributed by atoms with E-state index in [0.29, 0.717) is 12.8 Å². The molecule has 0 amide bonds. The maximum absolute atomic E-state index is 12.8. The van der Waals surface area contributed by atoms with Crippen molar-refractivity contribution >= 4 is 19.8 Å². The van der Waals surface area contributed by atoms with E-state index < -0.39 is 75.7 Å². The number of carbonyl (C=O) groups is 2. The van der Waals surface area contributed by atoms with Crippen LogP contribution in [0, 0.1) is 0 Å². The SMILES string of the molecule is CC/C=C\C/C=C\C/C=C\C/C=C\C/C=C\CCCCCC(=O)OC(COC(=O)CCCCCCCCCCCCC)COP(=O)(O)OC1C(O)C(O)C(O)C(O)C1O. The molecule has 0 aromatic rings. The van der Waals surface area contributed by atoms with Crippen LogP contribution in [-0.2, 0) is 32.7 Å². The molecule has 6 unspecified atom stereocenters. The highest BCUT2D eigenvalue weighted by Crippen LogP contribution is 2.47. The van der Waals surface area contributed by atoms with Gasteiger partial charge in [-0.05, 0) is 57.8 Å². The highest BCUT2D eigenvalue weighted by molar-refractivity contribution is 7.47. The van der Waals surface area contributed by atoms with Gasteiger partial charge in [-0.2, -0.15) is 0 Å². The quantitative estimate of drug-likeness (QED) is 0.0154. The van der Waals surface area contributed by atoms with Gasteiger partial charge >= 0.3 is 19.8 Å². The Bertz CT molecular complexity index is 1270. The van der Waals surface area contributed by atoms with Crippen LogP contribution in [0.5, 0.6) is 0 Å². The predicted molar refractivity (Wildman–Crippen MR) is 230 cm³/mol. The minimum Gasteiger partial charge on any atom is -0.462 e. The largest absolute Gasteiger partial charge is 0.472 e. The molecule has 13 nitrogen and oxygen atoms in total. The maximum Gasteiger partial charge on any atom is 0.472 e. The Morgan fingerprint density at radius 3 is 1.47 bits per heavy atom. The lowest BCUT2D eigenvalue weighted by molar-refractivity contribution is -0.220. The molecule has 1 aliphatic rings. The first-order chi connectivity index (χ1) is 28.4. The van der Waals surface area contributed by atoms with Crippen molar-refractivity contribution in [1.82, 2.24) is 0 Å². The first-order valence-corrected chi connectivity index (χ1v) is 23.6. The Labute approximate surface area is 353 Å². The minimum absolute atomic E-state index is 0.0563. The summed E-state index contributed by atoms with van der Waals surface area (Å²) in [5.41, 5.74) is 0. The molecule has 0 bridgehead atoms. The third-order valence-corrected chi connectivity index (χ3v) is 10.9. The van der Waals surface area contributed by atoms with Gasteiger partial charge in [0.25, 0.3) is 0 Å². The summed E-state index contributed by atoms with van der Waals surface area (Å²) in [4.78, 5) is 35.6. The number of esters is 2. The highest BCUT2D eigenvalue weighted by atomic mass is 31.2. The fraction of sp³-hybridized carbons (Fsp3) is 0.733. The van der Waals surface area contributed by atoms with Crippen LogP contribution in [0.3, 0.4) is 0 Å². The number of ether oxygens (including phenoxy) is 2. The molecule has 0 aliphatic heterocycles. The molecule has 6 N–H and O–H groups in total. The summed E-state index contributed by atoms with van der Waals surface area (Å²) in [5, 5.41) is 50.1. The van der Waals surface area contributed by atoms with Gasteiger partial charge < -0.3 is 39.9 Å². The number of carbonyl (C=O) groups excluding carboxylic acids is 2. The second-order valence-corrected chi connectivity index (χ2v) is 16.6. The van der Waals surface area contributed by atoms with Crippen LogP contribution in [0.15, 0.2) is 60.8 Å². The Morgan fingerprint density at radius 1 is 0.542 bits per heavy atom. The van der Waals surface area contributed by atoms with Crippen LogP contribution in [0.1, 0.15) is 155 Å². The third-order valence-electron chi connectivity index (χ3n) is 9.87. The molecule has 1 rings (SSSR count). The van der Waals surface area contributed by atoms with E-state index in [1.165, 1.54) is 44.9 Å². The van der Waals surface area contributed by atoms with E-state index in [9.17, 15) is 44.6 Å². The lowest BCUT2D eigenvalue weighted by Crippen LogP contribution is -2.64. The fourth-order valence-electron chi connectivity index (χ4n) is 6.31. The van der Waals surface area contributed by atoms with Gasteiger partial charge in [-0.1, -0.05) is 145 Å². The number of rotatable bonds is 35. The fourth-order valence-corrected chi connectivity index (χ4v) is 7.29. The predicted octanol–water partition coefficient (Wildman–Crippen LogP) is 8.16. The van der Waals surface area contributed by atoms with Crippen molar-refractivity contribution in [2.24, 2.45) is 0 Å². The second kappa shape index (κ2) is 35.2.